The molecule has 0 saturated carbocycles. The van der Waals surface area contributed by atoms with E-state index in [9.17, 15) is 19.1 Å². The average Bonchev–Trinajstić information content (AvgIpc) is 3.01. The minimum Gasteiger partial charge on any atom is -0.508 e. The molecule has 1 N–H and O–H groups in total. The van der Waals surface area contributed by atoms with Gasteiger partial charge in [-0.2, -0.15) is 0 Å². The number of aromatic hydroxyl groups is 1. The molecule has 6 nitrogen and oxygen atoms in total. The molecule has 148 valence electrons. The number of carbonyl (C=O) groups excluding carboxylic acids is 1. The monoisotopic (exact) mass is 402 g/mol. The first-order valence-electron chi connectivity index (χ1n) is 9.26. The number of benzene rings is 2. The fourth-order valence-electron chi connectivity index (χ4n) is 3.85. The summed E-state index contributed by atoms with van der Waals surface area (Å²) in [6, 6.07) is 14.2. The van der Waals surface area contributed by atoms with Gasteiger partial charge in [0, 0.05) is 5.69 Å². The van der Waals surface area contributed by atoms with Crippen LogP contribution in [-0.4, -0.2) is 16.0 Å². The molecule has 2 aromatic heterocycles. The summed E-state index contributed by atoms with van der Waals surface area (Å²) >= 11 is 0. The molecule has 1 unspecified atom stereocenters. The fourth-order valence-corrected chi connectivity index (χ4v) is 3.85. The number of hydrogen-bond donors (Lipinski definition) is 1. The predicted molar refractivity (Wildman–Crippen MR) is 108 cm³/mol. The number of hydrogen-bond acceptors (Lipinski definition) is 5. The molecule has 0 aliphatic carbocycles. The number of aromatic nitrogens is 1. The summed E-state index contributed by atoms with van der Waals surface area (Å²) in [5.41, 5.74) is 0.919. The Kier molecular flexibility index (Phi) is 3.92. The van der Waals surface area contributed by atoms with Crippen LogP contribution < -0.4 is 10.3 Å². The van der Waals surface area contributed by atoms with E-state index in [2.05, 4.69) is 4.98 Å². The lowest BCUT2D eigenvalue weighted by Gasteiger charge is -2.24. The van der Waals surface area contributed by atoms with Crippen molar-refractivity contribution in [2.45, 2.75) is 13.0 Å². The first-order valence-corrected chi connectivity index (χ1v) is 9.26. The fraction of sp³-hybridized carbons (Fsp3) is 0.0870. The van der Waals surface area contributed by atoms with Gasteiger partial charge in [-0.05, 0) is 55.0 Å². The second-order valence-corrected chi connectivity index (χ2v) is 7.12. The standard InChI is InChI=1S/C23H15FN2O4/c1-12-4-2-7-18(25-12)26-20(13-5-3-6-15(27)10-13)19-21(28)16-11-14(24)8-9-17(16)30-22(19)23(26)29/h2-11,20,27H,1H3. The molecule has 0 bridgehead atoms. The summed E-state index contributed by atoms with van der Waals surface area (Å²) in [6.45, 7) is 1.79. The molecule has 1 aliphatic heterocycles. The van der Waals surface area contributed by atoms with Crippen LogP contribution in [0.1, 0.15) is 33.4 Å². The molecule has 3 heterocycles. The molecule has 1 atom stereocenters. The van der Waals surface area contributed by atoms with Gasteiger partial charge < -0.3 is 9.52 Å². The van der Waals surface area contributed by atoms with Gasteiger partial charge in [-0.3, -0.25) is 14.5 Å². The topological polar surface area (TPSA) is 83.6 Å². The van der Waals surface area contributed by atoms with Crippen LogP contribution in [0.4, 0.5) is 10.2 Å². The molecule has 4 aromatic rings. The van der Waals surface area contributed by atoms with Crippen molar-refractivity contribution in [3.8, 4) is 5.75 Å². The summed E-state index contributed by atoms with van der Waals surface area (Å²) in [4.78, 5) is 32.5. The largest absolute Gasteiger partial charge is 0.508 e. The van der Waals surface area contributed by atoms with Crippen molar-refractivity contribution in [2.24, 2.45) is 0 Å². The van der Waals surface area contributed by atoms with Crippen LogP contribution in [0.15, 0.2) is 69.9 Å². The first-order chi connectivity index (χ1) is 14.4. The minimum absolute atomic E-state index is 0.0122. The lowest BCUT2D eigenvalue weighted by molar-refractivity contribution is 0.0970. The zero-order valence-corrected chi connectivity index (χ0v) is 15.8. The number of aryl methyl sites for hydroxylation is 1. The Morgan fingerprint density at radius 3 is 2.63 bits per heavy atom. The molecule has 1 amide bonds. The Labute approximate surface area is 169 Å². The maximum atomic E-state index is 13.8. The molecule has 7 heteroatoms. The molecule has 5 rings (SSSR count). The lowest BCUT2D eigenvalue weighted by Crippen LogP contribution is -2.30. The highest BCUT2D eigenvalue weighted by atomic mass is 19.1. The number of amides is 1. The van der Waals surface area contributed by atoms with Crippen molar-refractivity contribution in [3.05, 3.63) is 99.3 Å². The van der Waals surface area contributed by atoms with Crippen LogP contribution in [0, 0.1) is 12.7 Å². The quantitative estimate of drug-likeness (QED) is 0.546. The van der Waals surface area contributed by atoms with Crippen LogP contribution >= 0.6 is 0 Å². The highest BCUT2D eigenvalue weighted by Crippen LogP contribution is 2.41. The van der Waals surface area contributed by atoms with E-state index in [1.54, 1.807) is 37.3 Å². The van der Waals surface area contributed by atoms with Crippen molar-refractivity contribution < 1.29 is 18.7 Å². The third-order valence-corrected chi connectivity index (χ3v) is 5.14. The van der Waals surface area contributed by atoms with Crippen LogP contribution in [0.5, 0.6) is 5.75 Å². The number of fused-ring (bicyclic) bond motifs is 2. The van der Waals surface area contributed by atoms with Crippen LogP contribution in [0.25, 0.3) is 11.0 Å². The molecule has 0 spiro atoms. The molecule has 30 heavy (non-hydrogen) atoms. The SMILES string of the molecule is Cc1cccc(N2C(=O)c3oc4ccc(F)cc4c(=O)c3C2c2cccc(O)c2)n1. The Balaban J connectivity index is 1.84. The third-order valence-electron chi connectivity index (χ3n) is 5.14. The van der Waals surface area contributed by atoms with Crippen molar-refractivity contribution in [3.63, 3.8) is 0 Å². The number of phenolic OH excluding ortho intramolecular Hbond substituents is 1. The highest BCUT2D eigenvalue weighted by molar-refractivity contribution is 6.10. The van der Waals surface area contributed by atoms with Crippen molar-refractivity contribution in [1.29, 1.82) is 0 Å². The van der Waals surface area contributed by atoms with Crippen LogP contribution in [-0.2, 0) is 0 Å². The van der Waals surface area contributed by atoms with Gasteiger partial charge in [0.05, 0.1) is 17.0 Å². The minimum atomic E-state index is -0.877. The van der Waals surface area contributed by atoms with Gasteiger partial charge in [0.2, 0.25) is 5.76 Å². The third kappa shape index (κ3) is 2.67. The second-order valence-electron chi connectivity index (χ2n) is 7.12. The summed E-state index contributed by atoms with van der Waals surface area (Å²) in [6.07, 6.45) is 0. The van der Waals surface area contributed by atoms with Gasteiger partial charge in [0.1, 0.15) is 23.0 Å². The molecule has 0 fully saturated rings. The predicted octanol–water partition coefficient (Wildman–Crippen LogP) is 4.09. The Hall–Kier alpha value is -4.00. The first kappa shape index (κ1) is 18.1. The number of phenols is 1. The Morgan fingerprint density at radius 2 is 1.87 bits per heavy atom. The van der Waals surface area contributed by atoms with Crippen molar-refractivity contribution in [1.82, 2.24) is 4.98 Å². The molecule has 0 saturated heterocycles. The van der Waals surface area contributed by atoms with E-state index in [4.69, 9.17) is 4.42 Å². The molecular weight excluding hydrogens is 387 g/mol. The van der Waals surface area contributed by atoms with Gasteiger partial charge in [0.15, 0.2) is 5.43 Å². The second kappa shape index (κ2) is 6.52. The van der Waals surface area contributed by atoms with Gasteiger partial charge in [0.25, 0.3) is 5.91 Å². The van der Waals surface area contributed by atoms with E-state index in [1.165, 1.54) is 29.2 Å². The highest BCUT2D eigenvalue weighted by Gasteiger charge is 2.44. The van der Waals surface area contributed by atoms with Crippen LogP contribution in [0.2, 0.25) is 0 Å². The molecule has 2 aromatic carbocycles. The number of nitrogens with zero attached hydrogens (tertiary/aromatic N) is 2. The molecule has 0 radical (unpaired) electrons. The van der Waals surface area contributed by atoms with E-state index in [0.29, 0.717) is 17.1 Å². The zero-order valence-electron chi connectivity index (χ0n) is 15.8. The summed E-state index contributed by atoms with van der Waals surface area (Å²) in [5.74, 6) is -0.892. The van der Waals surface area contributed by atoms with E-state index < -0.39 is 23.2 Å². The normalized spacial score (nSPS) is 15.6. The van der Waals surface area contributed by atoms with E-state index >= 15 is 0 Å². The number of halogens is 1. The number of anilines is 1. The number of pyridine rings is 1. The lowest BCUT2D eigenvalue weighted by atomic mass is 9.98. The summed E-state index contributed by atoms with van der Waals surface area (Å²) < 4.78 is 19.6. The van der Waals surface area contributed by atoms with Gasteiger partial charge in [-0.15, -0.1) is 0 Å². The molecular formula is C23H15FN2O4. The number of rotatable bonds is 2. The van der Waals surface area contributed by atoms with Gasteiger partial charge in [-0.1, -0.05) is 18.2 Å². The summed E-state index contributed by atoms with van der Waals surface area (Å²) in [5, 5.41) is 10.0. The van der Waals surface area contributed by atoms with Crippen LogP contribution in [0.3, 0.4) is 0 Å². The summed E-state index contributed by atoms with van der Waals surface area (Å²) in [7, 11) is 0. The smallest absolute Gasteiger partial charge is 0.296 e. The van der Waals surface area contributed by atoms with Crippen molar-refractivity contribution >= 4 is 22.7 Å². The number of carbonyl (C=O) groups is 1. The maximum absolute atomic E-state index is 13.8. The average molecular weight is 402 g/mol. The van der Waals surface area contributed by atoms with E-state index in [-0.39, 0.29) is 28.0 Å². The zero-order chi connectivity index (χ0) is 21.0. The van der Waals surface area contributed by atoms with E-state index in [0.717, 1.165) is 6.07 Å². The van der Waals surface area contributed by atoms with Crippen molar-refractivity contribution in [2.75, 3.05) is 4.90 Å². The molecule has 1 aliphatic rings. The Morgan fingerprint density at radius 1 is 1.07 bits per heavy atom. The Bertz CT molecular complexity index is 1400. The maximum Gasteiger partial charge on any atom is 0.296 e. The van der Waals surface area contributed by atoms with E-state index in [1.807, 2.05) is 0 Å². The van der Waals surface area contributed by atoms with Gasteiger partial charge in [-0.25, -0.2) is 9.37 Å². The van der Waals surface area contributed by atoms with Gasteiger partial charge >= 0.3 is 0 Å².